The maximum atomic E-state index is 3.33. The Balaban J connectivity index is 2.02. The predicted octanol–water partition coefficient (Wildman–Crippen LogP) is 1.41. The molecule has 1 aliphatic heterocycles. The highest BCUT2D eigenvalue weighted by molar-refractivity contribution is 5.14. The quantitative estimate of drug-likeness (QED) is 0.868. The monoisotopic (exact) mass is 247 g/mol. The van der Waals surface area contributed by atoms with Crippen LogP contribution in [0.3, 0.4) is 0 Å². The predicted molar refractivity (Wildman–Crippen MR) is 76.7 cm³/mol. The van der Waals surface area contributed by atoms with Gasteiger partial charge in [-0.2, -0.15) is 0 Å². The molecular weight excluding hydrogens is 222 g/mol. The van der Waals surface area contributed by atoms with Crippen molar-refractivity contribution in [1.82, 2.24) is 15.1 Å². The highest BCUT2D eigenvalue weighted by atomic mass is 15.2. The first-order valence-electron chi connectivity index (χ1n) is 6.90. The van der Waals surface area contributed by atoms with E-state index in [2.05, 4.69) is 52.5 Å². The minimum Gasteiger partial charge on any atom is -0.318 e. The van der Waals surface area contributed by atoms with Crippen LogP contribution in [-0.2, 0) is 6.54 Å². The largest absolute Gasteiger partial charge is 0.318 e. The lowest BCUT2D eigenvalue weighted by atomic mass is 10.1. The summed E-state index contributed by atoms with van der Waals surface area (Å²) in [5.74, 6) is 0. The van der Waals surface area contributed by atoms with E-state index in [9.17, 15) is 0 Å². The van der Waals surface area contributed by atoms with Crippen molar-refractivity contribution in [3.63, 3.8) is 0 Å². The summed E-state index contributed by atoms with van der Waals surface area (Å²) in [7, 11) is 4.28. The van der Waals surface area contributed by atoms with Gasteiger partial charge in [0.15, 0.2) is 0 Å². The van der Waals surface area contributed by atoms with Gasteiger partial charge < -0.3 is 10.2 Å². The van der Waals surface area contributed by atoms with Crippen LogP contribution in [0.4, 0.5) is 0 Å². The summed E-state index contributed by atoms with van der Waals surface area (Å²) in [5, 5.41) is 3.33. The molecule has 0 saturated carbocycles. The highest BCUT2D eigenvalue weighted by Crippen LogP contribution is 2.13. The fourth-order valence-corrected chi connectivity index (χ4v) is 2.75. The Morgan fingerprint density at radius 3 is 2.72 bits per heavy atom. The second-order valence-electron chi connectivity index (χ2n) is 5.28. The van der Waals surface area contributed by atoms with Gasteiger partial charge >= 0.3 is 0 Å². The van der Waals surface area contributed by atoms with Crippen LogP contribution < -0.4 is 5.32 Å². The molecule has 0 aliphatic carbocycles. The van der Waals surface area contributed by atoms with Gasteiger partial charge in [-0.25, -0.2) is 0 Å². The van der Waals surface area contributed by atoms with Crippen molar-refractivity contribution in [2.45, 2.75) is 19.0 Å². The number of hydrogen-bond acceptors (Lipinski definition) is 3. The van der Waals surface area contributed by atoms with E-state index in [4.69, 9.17) is 0 Å². The van der Waals surface area contributed by atoms with Crippen LogP contribution in [0.15, 0.2) is 30.3 Å². The molecule has 0 spiro atoms. The van der Waals surface area contributed by atoms with Crippen LogP contribution in [0.2, 0.25) is 0 Å². The van der Waals surface area contributed by atoms with E-state index in [1.54, 1.807) is 0 Å². The van der Waals surface area contributed by atoms with Crippen LogP contribution in [0.25, 0.3) is 0 Å². The Morgan fingerprint density at radius 1 is 1.22 bits per heavy atom. The summed E-state index contributed by atoms with van der Waals surface area (Å²) < 4.78 is 0. The van der Waals surface area contributed by atoms with Gasteiger partial charge in [-0.3, -0.25) is 4.90 Å². The summed E-state index contributed by atoms with van der Waals surface area (Å²) in [4.78, 5) is 5.07. The minimum atomic E-state index is 0.614. The number of likely N-dealkylation sites (N-methyl/N-ethyl adjacent to an activating group) is 2. The normalized spacial score (nSPS) is 22.9. The lowest BCUT2D eigenvalue weighted by molar-refractivity contribution is 0.179. The number of benzene rings is 1. The lowest BCUT2D eigenvalue weighted by Crippen LogP contribution is -2.45. The summed E-state index contributed by atoms with van der Waals surface area (Å²) >= 11 is 0. The molecule has 0 aromatic heterocycles. The molecule has 1 aromatic carbocycles. The van der Waals surface area contributed by atoms with Crippen LogP contribution >= 0.6 is 0 Å². The van der Waals surface area contributed by atoms with Crippen LogP contribution in [-0.4, -0.2) is 56.1 Å². The van der Waals surface area contributed by atoms with Gasteiger partial charge in [-0.1, -0.05) is 30.3 Å². The third kappa shape index (κ3) is 3.80. The first-order chi connectivity index (χ1) is 8.79. The molecule has 1 saturated heterocycles. The molecule has 0 amide bonds. The van der Waals surface area contributed by atoms with E-state index in [0.717, 1.165) is 19.6 Å². The van der Waals surface area contributed by atoms with Gasteiger partial charge in [0.25, 0.3) is 0 Å². The molecule has 1 heterocycles. The van der Waals surface area contributed by atoms with Gasteiger partial charge in [0, 0.05) is 32.2 Å². The Labute approximate surface area is 111 Å². The molecule has 1 aliphatic rings. The lowest BCUT2D eigenvalue weighted by Gasteiger charge is -2.30. The van der Waals surface area contributed by atoms with Crippen molar-refractivity contribution in [1.29, 1.82) is 0 Å². The summed E-state index contributed by atoms with van der Waals surface area (Å²) in [6.45, 7) is 5.71. The molecule has 2 rings (SSSR count). The molecule has 1 atom stereocenters. The standard InChI is InChI=1S/C15H25N3/c1-16-11-15-13-17(2)9-6-10-18(15)12-14-7-4-3-5-8-14/h3-5,7-8,15-16H,6,9-13H2,1-2H3. The number of nitrogens with zero attached hydrogens (tertiary/aromatic N) is 2. The maximum absolute atomic E-state index is 3.33. The molecule has 0 radical (unpaired) electrons. The maximum Gasteiger partial charge on any atom is 0.0351 e. The number of rotatable bonds is 4. The van der Waals surface area contributed by atoms with Gasteiger partial charge in [-0.05, 0) is 32.6 Å². The third-order valence-electron chi connectivity index (χ3n) is 3.69. The first kappa shape index (κ1) is 13.5. The smallest absolute Gasteiger partial charge is 0.0351 e. The molecule has 3 heteroatoms. The molecule has 100 valence electrons. The minimum absolute atomic E-state index is 0.614. The van der Waals surface area contributed by atoms with E-state index in [1.165, 1.54) is 25.1 Å². The van der Waals surface area contributed by atoms with Gasteiger partial charge in [0.05, 0.1) is 0 Å². The van der Waals surface area contributed by atoms with E-state index < -0.39 is 0 Å². The molecule has 1 N–H and O–H groups in total. The average Bonchev–Trinajstić information content (AvgIpc) is 2.54. The fourth-order valence-electron chi connectivity index (χ4n) is 2.75. The Morgan fingerprint density at radius 2 is 2.00 bits per heavy atom. The summed E-state index contributed by atoms with van der Waals surface area (Å²) in [5.41, 5.74) is 1.42. The number of hydrogen-bond donors (Lipinski definition) is 1. The zero-order valence-electron chi connectivity index (χ0n) is 11.6. The second kappa shape index (κ2) is 6.88. The Hall–Kier alpha value is -0.900. The SMILES string of the molecule is CNCC1CN(C)CCCN1Cc1ccccc1. The molecule has 3 nitrogen and oxygen atoms in total. The van der Waals surface area contributed by atoms with Gasteiger partial charge in [0.2, 0.25) is 0 Å². The van der Waals surface area contributed by atoms with Crippen molar-refractivity contribution in [2.75, 3.05) is 40.3 Å². The molecule has 0 bridgehead atoms. The molecular formula is C15H25N3. The Kier molecular flexibility index (Phi) is 5.17. The Bertz CT molecular complexity index is 339. The molecule has 18 heavy (non-hydrogen) atoms. The summed E-state index contributed by atoms with van der Waals surface area (Å²) in [6, 6.07) is 11.4. The average molecular weight is 247 g/mol. The second-order valence-corrected chi connectivity index (χ2v) is 5.28. The van der Waals surface area contributed by atoms with Gasteiger partial charge in [-0.15, -0.1) is 0 Å². The van der Waals surface area contributed by atoms with Crippen molar-refractivity contribution < 1.29 is 0 Å². The van der Waals surface area contributed by atoms with Crippen molar-refractivity contribution in [3.8, 4) is 0 Å². The van der Waals surface area contributed by atoms with Gasteiger partial charge in [0.1, 0.15) is 0 Å². The highest BCUT2D eigenvalue weighted by Gasteiger charge is 2.22. The molecule has 1 unspecified atom stereocenters. The topological polar surface area (TPSA) is 18.5 Å². The van der Waals surface area contributed by atoms with Crippen LogP contribution in [0.5, 0.6) is 0 Å². The molecule has 1 aromatic rings. The third-order valence-corrected chi connectivity index (χ3v) is 3.69. The van der Waals surface area contributed by atoms with Crippen LogP contribution in [0.1, 0.15) is 12.0 Å². The zero-order chi connectivity index (χ0) is 12.8. The summed E-state index contributed by atoms with van der Waals surface area (Å²) in [6.07, 6.45) is 1.27. The van der Waals surface area contributed by atoms with Crippen molar-refractivity contribution in [2.24, 2.45) is 0 Å². The van der Waals surface area contributed by atoms with E-state index in [-0.39, 0.29) is 0 Å². The first-order valence-corrected chi connectivity index (χ1v) is 6.90. The fraction of sp³-hybridized carbons (Fsp3) is 0.600. The van der Waals surface area contributed by atoms with E-state index in [1.807, 2.05) is 7.05 Å². The van der Waals surface area contributed by atoms with E-state index >= 15 is 0 Å². The number of nitrogens with one attached hydrogen (secondary N) is 1. The molecule has 1 fully saturated rings. The van der Waals surface area contributed by atoms with E-state index in [0.29, 0.717) is 6.04 Å². The zero-order valence-corrected chi connectivity index (χ0v) is 11.6. The van der Waals surface area contributed by atoms with Crippen molar-refractivity contribution >= 4 is 0 Å². The van der Waals surface area contributed by atoms with Crippen molar-refractivity contribution in [3.05, 3.63) is 35.9 Å². The van der Waals surface area contributed by atoms with Crippen LogP contribution in [0, 0.1) is 0 Å².